The second-order valence-corrected chi connectivity index (χ2v) is 7.91. The zero-order chi connectivity index (χ0) is 15.9. The summed E-state index contributed by atoms with van der Waals surface area (Å²) in [4.78, 5) is 2.74. The molecule has 0 bridgehead atoms. The van der Waals surface area contributed by atoms with E-state index in [9.17, 15) is 0 Å². The number of amidine groups is 1. The Morgan fingerprint density at radius 1 is 1.19 bits per heavy atom. The Hall–Kier alpha value is -0.570. The summed E-state index contributed by atoms with van der Waals surface area (Å²) in [6.45, 7) is 11.3. The van der Waals surface area contributed by atoms with E-state index in [1.54, 1.807) is 0 Å². The van der Waals surface area contributed by atoms with E-state index in [0.717, 1.165) is 18.4 Å². The molecule has 1 rings (SSSR count). The Kier molecular flexibility index (Phi) is 7.72. The minimum atomic E-state index is -0.129. The van der Waals surface area contributed by atoms with Gasteiger partial charge >= 0.3 is 0 Å². The molecule has 0 amide bonds. The molecule has 0 spiro atoms. The van der Waals surface area contributed by atoms with Crippen molar-refractivity contribution in [2.24, 2.45) is 17.1 Å². The molecule has 0 aromatic carbocycles. The molecule has 1 aliphatic carbocycles. The van der Waals surface area contributed by atoms with Gasteiger partial charge in [-0.1, -0.05) is 47.0 Å². The smallest absolute Gasteiger partial charge is 0.0963 e. The fraction of sp³-hybridized carbons (Fsp3) is 0.944. The highest BCUT2D eigenvalue weighted by molar-refractivity contribution is 5.82. The molecule has 124 valence electrons. The molecular formula is C18H37N3. The van der Waals surface area contributed by atoms with Crippen LogP contribution in [-0.4, -0.2) is 29.9 Å². The van der Waals surface area contributed by atoms with Gasteiger partial charge in [0.25, 0.3) is 0 Å². The predicted molar refractivity (Wildman–Crippen MR) is 92.8 cm³/mol. The molecule has 0 aromatic heterocycles. The number of hydrogen-bond acceptors (Lipinski definition) is 2. The van der Waals surface area contributed by atoms with E-state index < -0.39 is 0 Å². The van der Waals surface area contributed by atoms with Crippen LogP contribution in [0.1, 0.15) is 79.1 Å². The van der Waals surface area contributed by atoms with Crippen LogP contribution in [-0.2, 0) is 0 Å². The summed E-state index contributed by atoms with van der Waals surface area (Å²) >= 11 is 0. The number of nitrogens with zero attached hydrogens (tertiary/aromatic N) is 1. The SMILES string of the molecule is CC(C)CCN(CCCCC(C)(C)C(=N)N)C1CCCC1. The fourth-order valence-corrected chi connectivity index (χ4v) is 3.19. The monoisotopic (exact) mass is 295 g/mol. The molecule has 0 atom stereocenters. The Balaban J connectivity index is 2.33. The molecule has 1 saturated carbocycles. The van der Waals surface area contributed by atoms with Crippen LogP contribution in [0.3, 0.4) is 0 Å². The first kappa shape index (κ1) is 18.5. The van der Waals surface area contributed by atoms with Gasteiger partial charge in [0.2, 0.25) is 0 Å². The van der Waals surface area contributed by atoms with Gasteiger partial charge in [0.1, 0.15) is 0 Å². The maximum absolute atomic E-state index is 7.63. The highest BCUT2D eigenvalue weighted by Crippen LogP contribution is 2.26. The second-order valence-electron chi connectivity index (χ2n) is 7.91. The summed E-state index contributed by atoms with van der Waals surface area (Å²) in [5.41, 5.74) is 5.54. The standard InChI is InChI=1S/C18H37N3/c1-15(2)11-14-21(16-9-5-6-10-16)13-8-7-12-18(3,4)17(19)20/h15-16H,5-14H2,1-4H3,(H3,19,20). The van der Waals surface area contributed by atoms with Crippen LogP contribution < -0.4 is 5.73 Å². The first-order chi connectivity index (χ1) is 9.83. The topological polar surface area (TPSA) is 53.1 Å². The molecule has 3 N–H and O–H groups in total. The van der Waals surface area contributed by atoms with Gasteiger partial charge < -0.3 is 10.6 Å². The average molecular weight is 296 g/mol. The van der Waals surface area contributed by atoms with Crippen LogP contribution in [0.2, 0.25) is 0 Å². The summed E-state index contributed by atoms with van der Waals surface area (Å²) < 4.78 is 0. The fourth-order valence-electron chi connectivity index (χ4n) is 3.19. The molecule has 0 aliphatic heterocycles. The van der Waals surface area contributed by atoms with E-state index >= 15 is 0 Å². The maximum Gasteiger partial charge on any atom is 0.0963 e. The van der Waals surface area contributed by atoms with Crippen molar-refractivity contribution in [3.8, 4) is 0 Å². The molecule has 0 heterocycles. The third-order valence-corrected chi connectivity index (χ3v) is 5.06. The largest absolute Gasteiger partial charge is 0.387 e. The first-order valence-electron chi connectivity index (χ1n) is 8.91. The Bertz CT molecular complexity index is 304. The van der Waals surface area contributed by atoms with E-state index in [2.05, 4.69) is 32.6 Å². The van der Waals surface area contributed by atoms with Crippen molar-refractivity contribution >= 4 is 5.84 Å². The van der Waals surface area contributed by atoms with Crippen LogP contribution in [0, 0.1) is 16.7 Å². The van der Waals surface area contributed by atoms with E-state index in [1.165, 1.54) is 58.0 Å². The predicted octanol–water partition coefficient (Wildman–Crippen LogP) is 4.41. The van der Waals surface area contributed by atoms with Gasteiger partial charge in [0, 0.05) is 11.5 Å². The van der Waals surface area contributed by atoms with Crippen molar-refractivity contribution in [2.45, 2.75) is 85.1 Å². The lowest BCUT2D eigenvalue weighted by Crippen LogP contribution is -2.36. The van der Waals surface area contributed by atoms with Gasteiger partial charge in [0.05, 0.1) is 5.84 Å². The molecule has 3 heteroatoms. The van der Waals surface area contributed by atoms with E-state index in [4.69, 9.17) is 11.1 Å². The number of nitrogens with two attached hydrogens (primary N) is 1. The maximum atomic E-state index is 7.63. The minimum absolute atomic E-state index is 0.129. The van der Waals surface area contributed by atoms with Crippen LogP contribution in [0.5, 0.6) is 0 Å². The zero-order valence-electron chi connectivity index (χ0n) is 14.8. The Morgan fingerprint density at radius 2 is 1.81 bits per heavy atom. The van der Waals surface area contributed by atoms with Crippen molar-refractivity contribution in [1.29, 1.82) is 5.41 Å². The second kappa shape index (κ2) is 8.77. The molecule has 3 nitrogen and oxygen atoms in total. The summed E-state index contributed by atoms with van der Waals surface area (Å²) in [7, 11) is 0. The minimum Gasteiger partial charge on any atom is -0.387 e. The third kappa shape index (κ3) is 6.82. The number of hydrogen-bond donors (Lipinski definition) is 2. The van der Waals surface area contributed by atoms with Gasteiger partial charge in [-0.3, -0.25) is 5.41 Å². The summed E-state index contributed by atoms with van der Waals surface area (Å²) in [5.74, 6) is 1.13. The van der Waals surface area contributed by atoms with Crippen molar-refractivity contribution in [3.63, 3.8) is 0 Å². The lowest BCUT2D eigenvalue weighted by Gasteiger charge is -2.30. The molecule has 1 aliphatic rings. The van der Waals surface area contributed by atoms with Gasteiger partial charge in [-0.05, 0) is 51.1 Å². The highest BCUT2D eigenvalue weighted by atomic mass is 15.2. The molecule has 0 aromatic rings. The summed E-state index contributed by atoms with van der Waals surface area (Å²) in [5, 5.41) is 7.63. The van der Waals surface area contributed by atoms with Crippen molar-refractivity contribution in [2.75, 3.05) is 13.1 Å². The van der Waals surface area contributed by atoms with Crippen LogP contribution in [0.4, 0.5) is 0 Å². The van der Waals surface area contributed by atoms with Crippen molar-refractivity contribution < 1.29 is 0 Å². The lowest BCUT2D eigenvalue weighted by atomic mass is 9.86. The van der Waals surface area contributed by atoms with Gasteiger partial charge in [-0.25, -0.2) is 0 Å². The Labute approximate surface area is 132 Å². The number of unbranched alkanes of at least 4 members (excludes halogenated alkanes) is 1. The molecule has 0 saturated heterocycles. The van der Waals surface area contributed by atoms with E-state index in [0.29, 0.717) is 5.84 Å². The van der Waals surface area contributed by atoms with Gasteiger partial charge in [-0.2, -0.15) is 0 Å². The van der Waals surface area contributed by atoms with Crippen LogP contribution in [0.25, 0.3) is 0 Å². The lowest BCUT2D eigenvalue weighted by molar-refractivity contribution is 0.182. The zero-order valence-corrected chi connectivity index (χ0v) is 14.8. The molecular weight excluding hydrogens is 258 g/mol. The van der Waals surface area contributed by atoms with E-state index in [-0.39, 0.29) is 5.41 Å². The van der Waals surface area contributed by atoms with Gasteiger partial charge in [-0.15, -0.1) is 0 Å². The third-order valence-electron chi connectivity index (χ3n) is 5.06. The molecule has 0 radical (unpaired) electrons. The van der Waals surface area contributed by atoms with Crippen molar-refractivity contribution in [3.05, 3.63) is 0 Å². The Morgan fingerprint density at radius 3 is 2.33 bits per heavy atom. The average Bonchev–Trinajstić information content (AvgIpc) is 2.91. The number of nitrogens with one attached hydrogen (secondary N) is 1. The normalized spacial score (nSPS) is 17.0. The van der Waals surface area contributed by atoms with Crippen LogP contribution >= 0.6 is 0 Å². The number of rotatable bonds is 10. The van der Waals surface area contributed by atoms with Crippen LogP contribution in [0.15, 0.2) is 0 Å². The van der Waals surface area contributed by atoms with Crippen molar-refractivity contribution in [1.82, 2.24) is 4.90 Å². The summed E-state index contributed by atoms with van der Waals surface area (Å²) in [6, 6.07) is 0.838. The first-order valence-corrected chi connectivity index (χ1v) is 8.91. The molecule has 1 fully saturated rings. The summed E-state index contributed by atoms with van der Waals surface area (Å²) in [6.07, 6.45) is 10.4. The molecule has 21 heavy (non-hydrogen) atoms. The quantitative estimate of drug-likeness (QED) is 0.356. The highest BCUT2D eigenvalue weighted by Gasteiger charge is 2.23. The van der Waals surface area contributed by atoms with Gasteiger partial charge in [0.15, 0.2) is 0 Å². The van der Waals surface area contributed by atoms with E-state index in [1.807, 2.05) is 0 Å². The molecule has 0 unspecified atom stereocenters.